The fraction of sp³-hybridized carbons (Fsp3) is 0.571. The van der Waals surface area contributed by atoms with Gasteiger partial charge >= 0.3 is 0 Å². The van der Waals surface area contributed by atoms with Crippen LogP contribution in [0.25, 0.3) is 0 Å². The minimum absolute atomic E-state index is 0.490. The molecular weight excluding hydrogens is 212 g/mol. The van der Waals surface area contributed by atoms with Crippen molar-refractivity contribution in [2.24, 2.45) is 0 Å². The van der Waals surface area contributed by atoms with E-state index in [0.717, 1.165) is 31.8 Å². The van der Waals surface area contributed by atoms with Gasteiger partial charge in [-0.3, -0.25) is 0 Å². The standard InChI is InChI=1S/C14H22N2O/c1-16(9-8-14-3-2-10-17-14)11-12-4-6-13(15)7-5-12/h4-7,14H,2-3,8-11,15H2,1H3. The highest BCUT2D eigenvalue weighted by Crippen LogP contribution is 2.16. The van der Waals surface area contributed by atoms with Crippen molar-refractivity contribution in [1.29, 1.82) is 0 Å². The maximum atomic E-state index is 5.67. The van der Waals surface area contributed by atoms with Gasteiger partial charge in [0.2, 0.25) is 0 Å². The summed E-state index contributed by atoms with van der Waals surface area (Å²) in [5.41, 5.74) is 7.81. The predicted octanol–water partition coefficient (Wildman–Crippen LogP) is 2.27. The fourth-order valence-corrected chi connectivity index (χ4v) is 2.25. The summed E-state index contributed by atoms with van der Waals surface area (Å²) in [5, 5.41) is 0. The highest BCUT2D eigenvalue weighted by atomic mass is 16.5. The Labute approximate surface area is 104 Å². The molecule has 1 aliphatic heterocycles. The lowest BCUT2D eigenvalue weighted by molar-refractivity contribution is 0.0944. The fourth-order valence-electron chi connectivity index (χ4n) is 2.25. The number of nitrogens with two attached hydrogens (primary N) is 1. The van der Waals surface area contributed by atoms with E-state index in [2.05, 4.69) is 24.1 Å². The predicted molar refractivity (Wildman–Crippen MR) is 70.8 cm³/mol. The Morgan fingerprint density at radius 1 is 1.35 bits per heavy atom. The van der Waals surface area contributed by atoms with Crippen molar-refractivity contribution in [3.05, 3.63) is 29.8 Å². The molecule has 94 valence electrons. The zero-order valence-corrected chi connectivity index (χ0v) is 10.6. The third-order valence-corrected chi connectivity index (χ3v) is 3.29. The Morgan fingerprint density at radius 2 is 2.12 bits per heavy atom. The van der Waals surface area contributed by atoms with Crippen LogP contribution in [0, 0.1) is 0 Å². The first-order valence-corrected chi connectivity index (χ1v) is 6.38. The third kappa shape index (κ3) is 4.02. The molecule has 1 aliphatic rings. The van der Waals surface area contributed by atoms with Crippen molar-refractivity contribution in [3.8, 4) is 0 Å². The lowest BCUT2D eigenvalue weighted by Gasteiger charge is -2.18. The van der Waals surface area contributed by atoms with Crippen molar-refractivity contribution >= 4 is 5.69 Å². The van der Waals surface area contributed by atoms with Crippen LogP contribution in [0.15, 0.2) is 24.3 Å². The highest BCUT2D eigenvalue weighted by Gasteiger charge is 2.15. The van der Waals surface area contributed by atoms with E-state index in [1.54, 1.807) is 0 Å². The molecule has 1 fully saturated rings. The van der Waals surface area contributed by atoms with Gasteiger partial charge in [-0.15, -0.1) is 0 Å². The van der Waals surface area contributed by atoms with Crippen molar-refractivity contribution in [1.82, 2.24) is 4.90 Å². The van der Waals surface area contributed by atoms with Crippen LogP contribution in [-0.2, 0) is 11.3 Å². The van der Waals surface area contributed by atoms with Gasteiger partial charge in [-0.05, 0) is 44.0 Å². The van der Waals surface area contributed by atoms with E-state index >= 15 is 0 Å². The monoisotopic (exact) mass is 234 g/mol. The summed E-state index contributed by atoms with van der Waals surface area (Å²) >= 11 is 0. The van der Waals surface area contributed by atoms with E-state index in [9.17, 15) is 0 Å². The largest absolute Gasteiger partial charge is 0.399 e. The first kappa shape index (κ1) is 12.4. The molecule has 0 bridgehead atoms. The molecule has 0 saturated carbocycles. The molecule has 3 heteroatoms. The van der Waals surface area contributed by atoms with Crippen LogP contribution in [0.3, 0.4) is 0 Å². The summed E-state index contributed by atoms with van der Waals surface area (Å²) in [6.07, 6.45) is 4.09. The van der Waals surface area contributed by atoms with E-state index in [4.69, 9.17) is 10.5 Å². The maximum absolute atomic E-state index is 5.67. The molecule has 0 radical (unpaired) electrons. The Hall–Kier alpha value is -1.06. The summed E-state index contributed by atoms with van der Waals surface area (Å²) in [6.45, 7) is 3.02. The number of benzene rings is 1. The molecule has 2 rings (SSSR count). The van der Waals surface area contributed by atoms with Crippen LogP contribution in [-0.4, -0.2) is 31.2 Å². The number of ether oxygens (including phenoxy) is 1. The zero-order chi connectivity index (χ0) is 12.1. The van der Waals surface area contributed by atoms with Crippen molar-refractivity contribution in [2.45, 2.75) is 31.9 Å². The van der Waals surface area contributed by atoms with Crippen molar-refractivity contribution in [3.63, 3.8) is 0 Å². The summed E-state index contributed by atoms with van der Waals surface area (Å²) in [5.74, 6) is 0. The van der Waals surface area contributed by atoms with Crippen LogP contribution in [0.2, 0.25) is 0 Å². The van der Waals surface area contributed by atoms with E-state index < -0.39 is 0 Å². The van der Waals surface area contributed by atoms with Crippen molar-refractivity contribution in [2.75, 3.05) is 25.9 Å². The average Bonchev–Trinajstić information content (AvgIpc) is 2.83. The van der Waals surface area contributed by atoms with Gasteiger partial charge in [-0.2, -0.15) is 0 Å². The summed E-state index contributed by atoms with van der Waals surface area (Å²) in [7, 11) is 2.16. The van der Waals surface area contributed by atoms with Gasteiger partial charge < -0.3 is 15.4 Å². The molecule has 0 aromatic heterocycles. The summed E-state index contributed by atoms with van der Waals surface area (Å²) in [6, 6.07) is 8.11. The lowest BCUT2D eigenvalue weighted by Crippen LogP contribution is -2.22. The number of hydrogen-bond acceptors (Lipinski definition) is 3. The smallest absolute Gasteiger partial charge is 0.0588 e. The third-order valence-electron chi connectivity index (χ3n) is 3.29. The molecule has 0 spiro atoms. The topological polar surface area (TPSA) is 38.5 Å². The molecule has 1 atom stereocenters. The molecule has 0 amide bonds. The van der Waals surface area contributed by atoms with Gasteiger partial charge in [0.05, 0.1) is 6.10 Å². The van der Waals surface area contributed by atoms with Gasteiger partial charge in [0, 0.05) is 25.4 Å². The van der Waals surface area contributed by atoms with E-state index in [1.807, 2.05) is 12.1 Å². The Balaban J connectivity index is 1.72. The molecule has 1 heterocycles. The Morgan fingerprint density at radius 3 is 2.76 bits per heavy atom. The van der Waals surface area contributed by atoms with Crippen LogP contribution in [0.1, 0.15) is 24.8 Å². The molecule has 17 heavy (non-hydrogen) atoms. The first-order valence-electron chi connectivity index (χ1n) is 6.38. The zero-order valence-electron chi connectivity index (χ0n) is 10.6. The van der Waals surface area contributed by atoms with Gasteiger partial charge in [-0.1, -0.05) is 12.1 Å². The minimum Gasteiger partial charge on any atom is -0.399 e. The molecule has 1 aromatic carbocycles. The second-order valence-electron chi connectivity index (χ2n) is 4.90. The van der Waals surface area contributed by atoms with Gasteiger partial charge in [0.1, 0.15) is 0 Å². The second-order valence-corrected chi connectivity index (χ2v) is 4.90. The van der Waals surface area contributed by atoms with Gasteiger partial charge in [0.25, 0.3) is 0 Å². The number of hydrogen-bond donors (Lipinski definition) is 1. The van der Waals surface area contributed by atoms with Crippen LogP contribution in [0.5, 0.6) is 0 Å². The number of nitrogens with zero attached hydrogens (tertiary/aromatic N) is 1. The average molecular weight is 234 g/mol. The van der Waals surface area contributed by atoms with E-state index in [1.165, 1.54) is 18.4 Å². The molecule has 1 aromatic rings. The SMILES string of the molecule is CN(CCC1CCCO1)Cc1ccc(N)cc1. The first-order chi connectivity index (χ1) is 8.24. The molecule has 1 saturated heterocycles. The quantitative estimate of drug-likeness (QED) is 0.794. The Bertz CT molecular complexity index is 331. The Kier molecular flexibility index (Phi) is 4.40. The molecule has 0 aliphatic carbocycles. The summed E-state index contributed by atoms with van der Waals surface area (Å²) < 4.78 is 5.63. The van der Waals surface area contributed by atoms with E-state index in [0.29, 0.717) is 6.10 Å². The van der Waals surface area contributed by atoms with Crippen LogP contribution in [0.4, 0.5) is 5.69 Å². The van der Waals surface area contributed by atoms with E-state index in [-0.39, 0.29) is 0 Å². The minimum atomic E-state index is 0.490. The van der Waals surface area contributed by atoms with Crippen molar-refractivity contribution < 1.29 is 4.74 Å². The number of nitrogen functional groups attached to an aromatic ring is 1. The molecule has 2 N–H and O–H groups in total. The van der Waals surface area contributed by atoms with Gasteiger partial charge in [0.15, 0.2) is 0 Å². The van der Waals surface area contributed by atoms with Crippen LogP contribution >= 0.6 is 0 Å². The molecule has 1 unspecified atom stereocenters. The second kappa shape index (κ2) is 6.03. The number of rotatable bonds is 5. The van der Waals surface area contributed by atoms with Crippen LogP contribution < -0.4 is 5.73 Å². The normalized spacial score (nSPS) is 20.0. The van der Waals surface area contributed by atoms with Gasteiger partial charge in [-0.25, -0.2) is 0 Å². The lowest BCUT2D eigenvalue weighted by atomic mass is 10.1. The number of anilines is 1. The highest BCUT2D eigenvalue weighted by molar-refractivity contribution is 5.39. The maximum Gasteiger partial charge on any atom is 0.0588 e. The molecular formula is C14H22N2O. The molecule has 3 nitrogen and oxygen atoms in total. The summed E-state index contributed by atoms with van der Waals surface area (Å²) in [4.78, 5) is 2.34.